The Bertz CT molecular complexity index is 902. The average molecular weight is 458 g/mol. The fourth-order valence-electron chi connectivity index (χ4n) is 4.41. The van der Waals surface area contributed by atoms with Gasteiger partial charge in [0.15, 0.2) is 5.96 Å². The highest BCUT2D eigenvalue weighted by molar-refractivity contribution is 6.01. The Kier molecular flexibility index (Phi) is 8.39. The molecular formula is C23H31N5O5. The van der Waals surface area contributed by atoms with Crippen LogP contribution in [0, 0.1) is 5.41 Å². The Morgan fingerprint density at radius 1 is 1.00 bits per heavy atom. The number of imide groups is 1. The normalized spacial score (nSPS) is 19.0. The predicted molar refractivity (Wildman–Crippen MR) is 120 cm³/mol. The lowest BCUT2D eigenvalue weighted by Gasteiger charge is -2.21. The molecule has 1 aliphatic carbocycles. The number of amides is 3. The Morgan fingerprint density at radius 2 is 1.64 bits per heavy atom. The largest absolute Gasteiger partial charge is 0.370 e. The molecule has 1 aromatic carbocycles. The number of nitrogens with zero attached hydrogens (tertiary/aromatic N) is 1. The zero-order valence-corrected chi connectivity index (χ0v) is 18.6. The Morgan fingerprint density at radius 3 is 2.30 bits per heavy atom. The molecule has 3 rings (SSSR count). The summed E-state index contributed by atoms with van der Waals surface area (Å²) in [5.41, 5.74) is 7.62. The number of carbonyl (C=O) groups is 4. The minimum atomic E-state index is -0.585. The van der Waals surface area contributed by atoms with E-state index in [0.29, 0.717) is 43.8 Å². The van der Waals surface area contributed by atoms with Gasteiger partial charge in [-0.2, -0.15) is 0 Å². The second-order valence-electron chi connectivity index (χ2n) is 8.40. The second-order valence-corrected chi connectivity index (χ2v) is 8.40. The number of benzene rings is 1. The number of fused-ring (bicyclic) bond motifs is 2. The van der Waals surface area contributed by atoms with Crippen molar-refractivity contribution in [3.05, 3.63) is 35.4 Å². The van der Waals surface area contributed by atoms with E-state index in [1.54, 1.807) is 0 Å². The molecule has 1 heterocycles. The van der Waals surface area contributed by atoms with Crippen molar-refractivity contribution in [1.82, 2.24) is 15.7 Å². The third kappa shape index (κ3) is 6.77. The number of hydrogen-bond donors (Lipinski definition) is 4. The SMILES string of the molecule is N=C(N)NCCCNC(=O)CCC1c2cccc(c2)C1CCCC(=O)ON1C(=O)CCC1=O. The molecule has 0 aromatic heterocycles. The molecule has 0 radical (unpaired) electrons. The van der Waals surface area contributed by atoms with Gasteiger partial charge < -0.3 is 21.2 Å². The standard InChI is InChI=1S/C23H31N5O5/c24-23(25)27-13-3-12-26-19(29)9-8-18-16-5-1-4-15(14-16)17(18)6-2-7-22(32)33-28-20(30)10-11-21(28)31/h1,4-5,14,17-18H,2-3,6-13H2,(H,26,29)(H4,24,25,27). The van der Waals surface area contributed by atoms with Crippen LogP contribution in [0.25, 0.3) is 0 Å². The number of hydrogen-bond acceptors (Lipinski definition) is 6. The first kappa shape index (κ1) is 24.2. The molecule has 3 amide bonds. The lowest BCUT2D eigenvalue weighted by molar-refractivity contribution is -0.197. The van der Waals surface area contributed by atoms with E-state index in [2.05, 4.69) is 28.8 Å². The lowest BCUT2D eigenvalue weighted by atomic mass is 9.83. The van der Waals surface area contributed by atoms with E-state index in [1.807, 2.05) is 6.07 Å². The summed E-state index contributed by atoms with van der Waals surface area (Å²) in [4.78, 5) is 52.4. The second kappa shape index (κ2) is 11.4. The molecule has 10 nitrogen and oxygen atoms in total. The minimum absolute atomic E-state index is 0.0138. The van der Waals surface area contributed by atoms with E-state index in [9.17, 15) is 19.2 Å². The molecule has 0 saturated carbocycles. The number of carbonyl (C=O) groups excluding carboxylic acids is 4. The molecule has 5 N–H and O–H groups in total. The van der Waals surface area contributed by atoms with Gasteiger partial charge in [-0.3, -0.25) is 19.8 Å². The summed E-state index contributed by atoms with van der Waals surface area (Å²) in [5.74, 6) is -1.22. The van der Waals surface area contributed by atoms with Crippen molar-refractivity contribution < 1.29 is 24.0 Å². The van der Waals surface area contributed by atoms with Gasteiger partial charge in [0.1, 0.15) is 0 Å². The van der Waals surface area contributed by atoms with E-state index >= 15 is 0 Å². The van der Waals surface area contributed by atoms with Crippen molar-refractivity contribution in [2.75, 3.05) is 13.1 Å². The molecule has 2 aliphatic rings. The average Bonchev–Trinajstić information content (AvgIpc) is 3.21. The number of hydroxylamine groups is 2. The number of nitrogens with two attached hydrogens (primary N) is 1. The van der Waals surface area contributed by atoms with Crippen LogP contribution >= 0.6 is 0 Å². The summed E-state index contributed by atoms with van der Waals surface area (Å²) < 4.78 is 0. The minimum Gasteiger partial charge on any atom is -0.370 e. The first-order valence-corrected chi connectivity index (χ1v) is 11.4. The van der Waals surface area contributed by atoms with Gasteiger partial charge in [-0.25, -0.2) is 4.79 Å². The highest BCUT2D eigenvalue weighted by Crippen LogP contribution is 2.45. The van der Waals surface area contributed by atoms with Crippen molar-refractivity contribution in [2.45, 2.75) is 63.2 Å². The van der Waals surface area contributed by atoms with Crippen LogP contribution in [0.1, 0.15) is 74.3 Å². The first-order valence-electron chi connectivity index (χ1n) is 11.4. The van der Waals surface area contributed by atoms with E-state index in [4.69, 9.17) is 16.0 Å². The van der Waals surface area contributed by atoms with Gasteiger partial charge in [0.25, 0.3) is 11.8 Å². The molecule has 1 aliphatic heterocycles. The van der Waals surface area contributed by atoms with Crippen LogP contribution in [0.15, 0.2) is 24.3 Å². The Balaban J connectivity index is 1.42. The van der Waals surface area contributed by atoms with Crippen molar-refractivity contribution in [2.24, 2.45) is 5.73 Å². The van der Waals surface area contributed by atoms with Crippen LogP contribution in [0.5, 0.6) is 0 Å². The maximum absolute atomic E-state index is 12.2. The van der Waals surface area contributed by atoms with Gasteiger partial charge in [0.05, 0.1) is 0 Å². The molecule has 1 saturated heterocycles. The molecule has 10 heteroatoms. The molecule has 0 spiro atoms. The summed E-state index contributed by atoms with van der Waals surface area (Å²) in [7, 11) is 0. The van der Waals surface area contributed by atoms with Crippen LogP contribution in [0.2, 0.25) is 0 Å². The quantitative estimate of drug-likeness (QED) is 0.160. The van der Waals surface area contributed by atoms with Crippen molar-refractivity contribution in [3.63, 3.8) is 0 Å². The summed E-state index contributed by atoms with van der Waals surface area (Å²) in [6.45, 7) is 1.06. The van der Waals surface area contributed by atoms with Crippen molar-refractivity contribution >= 4 is 29.7 Å². The molecule has 2 atom stereocenters. The molecule has 1 aromatic rings. The molecule has 178 valence electrons. The van der Waals surface area contributed by atoms with Crippen LogP contribution in [0.4, 0.5) is 0 Å². The highest BCUT2D eigenvalue weighted by atomic mass is 16.7. The van der Waals surface area contributed by atoms with Crippen LogP contribution in [-0.4, -0.2) is 47.8 Å². The predicted octanol–water partition coefficient (Wildman–Crippen LogP) is 1.41. The van der Waals surface area contributed by atoms with Crippen LogP contribution in [0.3, 0.4) is 0 Å². The van der Waals surface area contributed by atoms with Crippen LogP contribution < -0.4 is 16.4 Å². The van der Waals surface area contributed by atoms with Gasteiger partial charge in [-0.15, -0.1) is 5.06 Å². The zero-order chi connectivity index (χ0) is 23.8. The third-order valence-corrected chi connectivity index (χ3v) is 6.02. The van der Waals surface area contributed by atoms with Gasteiger partial charge >= 0.3 is 5.97 Å². The van der Waals surface area contributed by atoms with Crippen molar-refractivity contribution in [1.29, 1.82) is 5.41 Å². The Labute approximate surface area is 192 Å². The highest BCUT2D eigenvalue weighted by Gasteiger charge is 2.33. The molecule has 2 unspecified atom stereocenters. The van der Waals surface area contributed by atoms with Gasteiger partial charge in [0.2, 0.25) is 5.91 Å². The monoisotopic (exact) mass is 457 g/mol. The maximum atomic E-state index is 12.2. The summed E-state index contributed by atoms with van der Waals surface area (Å²) in [6, 6.07) is 8.30. The fourth-order valence-corrected chi connectivity index (χ4v) is 4.41. The first-order chi connectivity index (χ1) is 15.8. The van der Waals surface area contributed by atoms with E-state index in [0.717, 1.165) is 6.42 Å². The topological polar surface area (TPSA) is 155 Å². The zero-order valence-electron chi connectivity index (χ0n) is 18.6. The van der Waals surface area contributed by atoms with E-state index < -0.39 is 17.8 Å². The fraction of sp³-hybridized carbons (Fsp3) is 0.522. The van der Waals surface area contributed by atoms with E-state index in [-0.39, 0.29) is 43.0 Å². The number of rotatable bonds is 12. The summed E-state index contributed by atoms with van der Waals surface area (Å²) in [5, 5.41) is 13.3. The van der Waals surface area contributed by atoms with Crippen LogP contribution in [-0.2, 0) is 24.0 Å². The number of guanidine groups is 1. The molecular weight excluding hydrogens is 426 g/mol. The Hall–Kier alpha value is -3.43. The smallest absolute Gasteiger partial charge is 0.333 e. The summed E-state index contributed by atoms with van der Waals surface area (Å²) >= 11 is 0. The van der Waals surface area contributed by atoms with Crippen molar-refractivity contribution in [3.8, 4) is 0 Å². The van der Waals surface area contributed by atoms with Gasteiger partial charge in [-0.1, -0.05) is 24.3 Å². The molecule has 1 fully saturated rings. The van der Waals surface area contributed by atoms with Gasteiger partial charge in [-0.05, 0) is 48.6 Å². The molecule has 33 heavy (non-hydrogen) atoms. The van der Waals surface area contributed by atoms with E-state index in [1.165, 1.54) is 11.1 Å². The van der Waals surface area contributed by atoms with Gasteiger partial charge in [0, 0.05) is 38.8 Å². The third-order valence-electron chi connectivity index (χ3n) is 6.02. The summed E-state index contributed by atoms with van der Waals surface area (Å²) in [6.07, 6.45) is 3.37. The molecule has 2 bridgehead atoms. The lowest BCUT2D eigenvalue weighted by Crippen LogP contribution is -2.33. The number of nitrogens with one attached hydrogen (secondary N) is 3. The maximum Gasteiger partial charge on any atom is 0.333 e.